The van der Waals surface area contributed by atoms with Crippen LogP contribution in [-0.4, -0.2) is 13.2 Å². The molecule has 84 valence electrons. The van der Waals surface area contributed by atoms with E-state index < -0.39 is 0 Å². The van der Waals surface area contributed by atoms with Crippen molar-refractivity contribution in [2.45, 2.75) is 25.9 Å². The molecule has 15 heavy (non-hydrogen) atoms. The number of unbranched alkanes of at least 4 members (excludes halogenated alkanes) is 2. The number of hydrogen-bond acceptors (Lipinski definition) is 2. The van der Waals surface area contributed by atoms with Crippen LogP contribution in [0.5, 0.6) is 0 Å². The van der Waals surface area contributed by atoms with Gasteiger partial charge in [-0.1, -0.05) is 12.1 Å². The van der Waals surface area contributed by atoms with Crippen LogP contribution in [0.25, 0.3) is 0 Å². The molecule has 1 aromatic rings. The molecule has 0 unspecified atom stereocenters. The Morgan fingerprint density at radius 3 is 2.80 bits per heavy atom. The zero-order chi connectivity index (χ0) is 10.9. The van der Waals surface area contributed by atoms with Gasteiger partial charge in [0.15, 0.2) is 0 Å². The van der Waals surface area contributed by atoms with Gasteiger partial charge in [-0.25, -0.2) is 4.39 Å². The number of benzene rings is 1. The molecule has 2 N–H and O–H groups in total. The molecule has 0 fully saturated rings. The Hall–Kier alpha value is -0.930. The molecule has 0 radical (unpaired) electrons. The average Bonchev–Trinajstić information content (AvgIpc) is 2.23. The summed E-state index contributed by atoms with van der Waals surface area (Å²) in [4.78, 5) is 0. The van der Waals surface area contributed by atoms with Crippen molar-refractivity contribution in [1.82, 2.24) is 0 Å². The maximum absolute atomic E-state index is 12.8. The molecular weight excluding hydrogens is 193 g/mol. The fraction of sp³-hybridized carbons (Fsp3) is 0.500. The first-order valence-corrected chi connectivity index (χ1v) is 5.35. The summed E-state index contributed by atoms with van der Waals surface area (Å²) in [6.45, 7) is 1.95. The minimum atomic E-state index is -0.209. The molecule has 0 amide bonds. The molecule has 0 aromatic heterocycles. The normalized spacial score (nSPS) is 10.5. The Bertz CT molecular complexity index is 278. The first-order valence-electron chi connectivity index (χ1n) is 5.35. The molecular formula is C12H18FNO. The van der Waals surface area contributed by atoms with Gasteiger partial charge in [0, 0.05) is 6.61 Å². The van der Waals surface area contributed by atoms with E-state index in [1.165, 1.54) is 12.1 Å². The third kappa shape index (κ3) is 5.50. The molecule has 0 bridgehead atoms. The van der Waals surface area contributed by atoms with Crippen LogP contribution in [0.3, 0.4) is 0 Å². The Balaban J connectivity index is 2.10. The lowest BCUT2D eigenvalue weighted by Crippen LogP contribution is -2.00. The second kappa shape index (κ2) is 7.37. The first-order chi connectivity index (χ1) is 7.33. The quantitative estimate of drug-likeness (QED) is 0.703. The molecule has 0 saturated carbocycles. The summed E-state index contributed by atoms with van der Waals surface area (Å²) < 4.78 is 18.2. The maximum atomic E-state index is 12.8. The summed E-state index contributed by atoms with van der Waals surface area (Å²) in [6, 6.07) is 6.50. The van der Waals surface area contributed by atoms with Crippen LogP contribution >= 0.6 is 0 Å². The lowest BCUT2D eigenvalue weighted by atomic mass is 10.2. The Kier molecular flexibility index (Phi) is 5.97. The van der Waals surface area contributed by atoms with E-state index in [0.717, 1.165) is 38.0 Å². The number of rotatable bonds is 7. The van der Waals surface area contributed by atoms with Crippen LogP contribution in [0.4, 0.5) is 4.39 Å². The summed E-state index contributed by atoms with van der Waals surface area (Å²) in [5, 5.41) is 0. The molecule has 0 aliphatic carbocycles. The van der Waals surface area contributed by atoms with E-state index >= 15 is 0 Å². The minimum absolute atomic E-state index is 0.209. The fourth-order valence-corrected chi connectivity index (χ4v) is 1.34. The molecule has 0 aliphatic heterocycles. The summed E-state index contributed by atoms with van der Waals surface area (Å²) in [7, 11) is 0. The summed E-state index contributed by atoms with van der Waals surface area (Å²) >= 11 is 0. The molecule has 0 saturated heterocycles. The lowest BCUT2D eigenvalue weighted by molar-refractivity contribution is 0.117. The van der Waals surface area contributed by atoms with Crippen molar-refractivity contribution in [3.05, 3.63) is 35.6 Å². The van der Waals surface area contributed by atoms with Crippen LogP contribution < -0.4 is 5.73 Å². The third-order valence-electron chi connectivity index (χ3n) is 2.15. The van der Waals surface area contributed by atoms with E-state index in [4.69, 9.17) is 10.5 Å². The Labute approximate surface area is 90.2 Å². The third-order valence-corrected chi connectivity index (χ3v) is 2.15. The summed E-state index contributed by atoms with van der Waals surface area (Å²) in [5.41, 5.74) is 6.25. The highest BCUT2D eigenvalue weighted by Gasteiger charge is 1.95. The highest BCUT2D eigenvalue weighted by atomic mass is 19.1. The summed E-state index contributed by atoms with van der Waals surface area (Å²) in [6.07, 6.45) is 3.16. The van der Waals surface area contributed by atoms with E-state index in [2.05, 4.69) is 0 Å². The predicted molar refractivity (Wildman–Crippen MR) is 59.0 cm³/mol. The Morgan fingerprint density at radius 2 is 2.07 bits per heavy atom. The number of hydrogen-bond donors (Lipinski definition) is 1. The van der Waals surface area contributed by atoms with Crippen LogP contribution in [0.2, 0.25) is 0 Å². The molecule has 1 aromatic carbocycles. The second-order valence-corrected chi connectivity index (χ2v) is 3.53. The molecule has 2 nitrogen and oxygen atoms in total. The fourth-order valence-electron chi connectivity index (χ4n) is 1.34. The standard InChI is InChI=1S/C12H18FNO/c13-12-6-4-5-11(9-12)10-15-8-3-1-2-7-14/h4-6,9H,1-3,7-8,10,14H2. The van der Waals surface area contributed by atoms with Gasteiger partial charge >= 0.3 is 0 Å². The van der Waals surface area contributed by atoms with Crippen molar-refractivity contribution in [2.24, 2.45) is 5.73 Å². The lowest BCUT2D eigenvalue weighted by Gasteiger charge is -2.04. The van der Waals surface area contributed by atoms with Gasteiger partial charge in [0.05, 0.1) is 6.61 Å². The Morgan fingerprint density at radius 1 is 1.20 bits per heavy atom. The van der Waals surface area contributed by atoms with Crippen molar-refractivity contribution in [3.8, 4) is 0 Å². The van der Waals surface area contributed by atoms with Gasteiger partial charge in [-0.3, -0.25) is 0 Å². The topological polar surface area (TPSA) is 35.2 Å². The van der Waals surface area contributed by atoms with Crippen molar-refractivity contribution in [2.75, 3.05) is 13.2 Å². The van der Waals surface area contributed by atoms with Crippen LogP contribution in [-0.2, 0) is 11.3 Å². The van der Waals surface area contributed by atoms with Gasteiger partial charge in [0.1, 0.15) is 5.82 Å². The van der Waals surface area contributed by atoms with Gasteiger partial charge in [0.2, 0.25) is 0 Å². The molecule has 0 atom stereocenters. The molecule has 3 heteroatoms. The van der Waals surface area contributed by atoms with E-state index in [0.29, 0.717) is 6.61 Å². The number of halogens is 1. The van der Waals surface area contributed by atoms with E-state index in [1.807, 2.05) is 6.07 Å². The van der Waals surface area contributed by atoms with Gasteiger partial charge in [-0.15, -0.1) is 0 Å². The smallest absolute Gasteiger partial charge is 0.123 e. The first kappa shape index (κ1) is 12.1. The van der Waals surface area contributed by atoms with Crippen molar-refractivity contribution in [1.29, 1.82) is 0 Å². The van der Waals surface area contributed by atoms with Crippen molar-refractivity contribution < 1.29 is 9.13 Å². The molecule has 1 rings (SSSR count). The predicted octanol–water partition coefficient (Wildman–Crippen LogP) is 2.47. The minimum Gasteiger partial charge on any atom is -0.377 e. The van der Waals surface area contributed by atoms with Gasteiger partial charge < -0.3 is 10.5 Å². The maximum Gasteiger partial charge on any atom is 0.123 e. The summed E-state index contributed by atoms with van der Waals surface area (Å²) in [5.74, 6) is -0.209. The van der Waals surface area contributed by atoms with Gasteiger partial charge in [0.25, 0.3) is 0 Å². The molecule has 0 aliphatic rings. The largest absolute Gasteiger partial charge is 0.377 e. The van der Waals surface area contributed by atoms with Crippen LogP contribution in [0.1, 0.15) is 24.8 Å². The highest BCUT2D eigenvalue weighted by molar-refractivity contribution is 5.15. The average molecular weight is 211 g/mol. The molecule has 0 spiro atoms. The zero-order valence-electron chi connectivity index (χ0n) is 8.92. The number of ether oxygens (including phenoxy) is 1. The number of nitrogens with two attached hydrogens (primary N) is 1. The van der Waals surface area contributed by atoms with E-state index in [-0.39, 0.29) is 5.82 Å². The molecule has 0 heterocycles. The SMILES string of the molecule is NCCCCCOCc1cccc(F)c1. The van der Waals surface area contributed by atoms with Gasteiger partial charge in [-0.05, 0) is 43.5 Å². The van der Waals surface area contributed by atoms with E-state index in [9.17, 15) is 4.39 Å². The van der Waals surface area contributed by atoms with Gasteiger partial charge in [-0.2, -0.15) is 0 Å². The van der Waals surface area contributed by atoms with Crippen LogP contribution in [0.15, 0.2) is 24.3 Å². The monoisotopic (exact) mass is 211 g/mol. The zero-order valence-corrected chi connectivity index (χ0v) is 8.92. The van der Waals surface area contributed by atoms with E-state index in [1.54, 1.807) is 6.07 Å². The highest BCUT2D eigenvalue weighted by Crippen LogP contribution is 2.05. The second-order valence-electron chi connectivity index (χ2n) is 3.53. The van der Waals surface area contributed by atoms with Crippen molar-refractivity contribution >= 4 is 0 Å². The van der Waals surface area contributed by atoms with Crippen molar-refractivity contribution in [3.63, 3.8) is 0 Å². The van der Waals surface area contributed by atoms with Crippen LogP contribution in [0, 0.1) is 5.82 Å².